The Labute approximate surface area is 103 Å². The highest BCUT2D eigenvalue weighted by atomic mass is 19.4. The lowest BCUT2D eigenvalue weighted by Crippen LogP contribution is -2.35. The maximum absolute atomic E-state index is 12.5. The molecule has 0 spiro atoms. The van der Waals surface area contributed by atoms with E-state index in [0.717, 1.165) is 17.7 Å². The molecule has 1 aromatic rings. The number of alkyl halides is 3. The number of rotatable bonds is 1. The van der Waals surface area contributed by atoms with Crippen molar-refractivity contribution >= 4 is 5.91 Å². The molecular formula is C13H14F3NO. The highest BCUT2D eigenvalue weighted by Crippen LogP contribution is 2.37. The third-order valence-corrected chi connectivity index (χ3v) is 3.73. The Morgan fingerprint density at radius 3 is 2.22 bits per heavy atom. The van der Waals surface area contributed by atoms with E-state index in [1.54, 1.807) is 0 Å². The minimum atomic E-state index is -4.32. The Kier molecular flexibility index (Phi) is 2.87. The van der Waals surface area contributed by atoms with Crippen LogP contribution in [0.4, 0.5) is 13.2 Å². The summed E-state index contributed by atoms with van der Waals surface area (Å²) in [6.45, 7) is 3.75. The number of amides is 1. The number of hydrogen-bond donors (Lipinski definition) is 1. The van der Waals surface area contributed by atoms with Gasteiger partial charge in [0.05, 0.1) is 5.56 Å². The second-order valence-electron chi connectivity index (χ2n) is 4.96. The van der Waals surface area contributed by atoms with E-state index in [1.807, 2.05) is 13.8 Å². The van der Waals surface area contributed by atoms with Crippen molar-refractivity contribution in [2.75, 3.05) is 0 Å². The van der Waals surface area contributed by atoms with Crippen LogP contribution >= 0.6 is 0 Å². The number of halogens is 3. The lowest BCUT2D eigenvalue weighted by molar-refractivity contribution is -0.137. The molecule has 0 aromatic heterocycles. The van der Waals surface area contributed by atoms with E-state index in [-0.39, 0.29) is 11.9 Å². The predicted octanol–water partition coefficient (Wildman–Crippen LogP) is 2.87. The monoisotopic (exact) mass is 257 g/mol. The van der Waals surface area contributed by atoms with E-state index in [1.165, 1.54) is 12.1 Å². The Morgan fingerprint density at radius 2 is 1.83 bits per heavy atom. The minimum absolute atomic E-state index is 0.0649. The normalized spacial score (nSPS) is 28.3. The first-order valence-corrected chi connectivity index (χ1v) is 5.70. The number of benzene rings is 1. The molecule has 5 heteroatoms. The lowest BCUT2D eigenvalue weighted by Gasteiger charge is -2.28. The zero-order chi connectivity index (χ0) is 13.6. The van der Waals surface area contributed by atoms with Crippen molar-refractivity contribution < 1.29 is 18.0 Å². The van der Waals surface area contributed by atoms with E-state index in [4.69, 9.17) is 0 Å². The Bertz CT molecular complexity index is 466. The molecule has 2 atom stereocenters. The van der Waals surface area contributed by atoms with Crippen LogP contribution in [0.25, 0.3) is 0 Å². The van der Waals surface area contributed by atoms with Crippen molar-refractivity contribution in [1.82, 2.24) is 5.32 Å². The van der Waals surface area contributed by atoms with Gasteiger partial charge in [0, 0.05) is 17.9 Å². The van der Waals surface area contributed by atoms with Crippen molar-refractivity contribution in [3.8, 4) is 0 Å². The molecule has 1 amide bonds. The van der Waals surface area contributed by atoms with Gasteiger partial charge >= 0.3 is 6.18 Å². The number of carbonyl (C=O) groups is 1. The fourth-order valence-electron chi connectivity index (χ4n) is 2.33. The average Bonchev–Trinajstić information content (AvgIpc) is 2.53. The molecule has 1 aromatic carbocycles. The first kappa shape index (κ1) is 12.9. The maximum Gasteiger partial charge on any atom is 0.416 e. The van der Waals surface area contributed by atoms with Crippen LogP contribution in [0.2, 0.25) is 0 Å². The summed E-state index contributed by atoms with van der Waals surface area (Å²) in [6, 6.07) is 4.97. The van der Waals surface area contributed by atoms with Gasteiger partial charge in [-0.2, -0.15) is 13.2 Å². The van der Waals surface area contributed by atoms with Crippen molar-refractivity contribution in [1.29, 1.82) is 0 Å². The summed E-state index contributed by atoms with van der Waals surface area (Å²) in [5.74, 6) is -0.0649. The van der Waals surface area contributed by atoms with E-state index in [0.29, 0.717) is 6.42 Å². The van der Waals surface area contributed by atoms with Gasteiger partial charge in [-0.15, -0.1) is 0 Å². The first-order chi connectivity index (χ1) is 8.23. The van der Waals surface area contributed by atoms with Gasteiger partial charge in [-0.1, -0.05) is 19.1 Å². The van der Waals surface area contributed by atoms with Crippen LogP contribution in [0, 0.1) is 0 Å². The Hall–Kier alpha value is -1.52. The lowest BCUT2D eigenvalue weighted by atomic mass is 9.76. The van der Waals surface area contributed by atoms with Crippen molar-refractivity contribution in [3.05, 3.63) is 35.4 Å². The van der Waals surface area contributed by atoms with Gasteiger partial charge in [0.1, 0.15) is 0 Å². The Balaban J connectivity index is 2.33. The summed E-state index contributed by atoms with van der Waals surface area (Å²) >= 11 is 0. The SMILES string of the molecule is CC1NC(=O)CC1(C)c1ccc(C(F)(F)F)cc1. The number of nitrogens with one attached hydrogen (secondary N) is 1. The molecular weight excluding hydrogens is 243 g/mol. The van der Waals surface area contributed by atoms with Gasteiger partial charge < -0.3 is 5.32 Å². The molecule has 1 aliphatic rings. The van der Waals surface area contributed by atoms with E-state index in [2.05, 4.69) is 5.32 Å². The summed E-state index contributed by atoms with van der Waals surface area (Å²) < 4.78 is 37.4. The molecule has 1 saturated heterocycles. The summed E-state index contributed by atoms with van der Waals surface area (Å²) in [4.78, 5) is 11.4. The van der Waals surface area contributed by atoms with Crippen molar-refractivity contribution in [2.24, 2.45) is 0 Å². The maximum atomic E-state index is 12.5. The van der Waals surface area contributed by atoms with Gasteiger partial charge in [-0.3, -0.25) is 4.79 Å². The highest BCUT2D eigenvalue weighted by molar-refractivity contribution is 5.81. The molecule has 18 heavy (non-hydrogen) atoms. The smallest absolute Gasteiger partial charge is 0.353 e. The third kappa shape index (κ3) is 2.09. The van der Waals surface area contributed by atoms with Gasteiger partial charge in [0.15, 0.2) is 0 Å². The molecule has 1 fully saturated rings. The second-order valence-corrected chi connectivity index (χ2v) is 4.96. The predicted molar refractivity (Wildman–Crippen MR) is 61.0 cm³/mol. The molecule has 0 bridgehead atoms. The molecule has 98 valence electrons. The highest BCUT2D eigenvalue weighted by Gasteiger charge is 2.42. The minimum Gasteiger partial charge on any atom is -0.353 e. The topological polar surface area (TPSA) is 29.1 Å². The molecule has 0 aliphatic carbocycles. The summed E-state index contributed by atoms with van der Waals surface area (Å²) in [6.07, 6.45) is -4.02. The summed E-state index contributed by atoms with van der Waals surface area (Å²) in [5, 5.41) is 2.79. The number of hydrogen-bond acceptors (Lipinski definition) is 1. The van der Waals surface area contributed by atoms with Crippen molar-refractivity contribution in [3.63, 3.8) is 0 Å². The average molecular weight is 257 g/mol. The van der Waals surface area contributed by atoms with Gasteiger partial charge in [0.25, 0.3) is 0 Å². The van der Waals surface area contributed by atoms with E-state index < -0.39 is 17.2 Å². The molecule has 2 unspecified atom stereocenters. The quantitative estimate of drug-likeness (QED) is 0.823. The zero-order valence-electron chi connectivity index (χ0n) is 10.1. The molecule has 1 aliphatic heterocycles. The van der Waals surface area contributed by atoms with Gasteiger partial charge in [0.2, 0.25) is 5.91 Å². The van der Waals surface area contributed by atoms with Crippen LogP contribution in [0.3, 0.4) is 0 Å². The molecule has 0 saturated carbocycles. The van der Waals surface area contributed by atoms with Crippen LogP contribution in [-0.4, -0.2) is 11.9 Å². The molecule has 0 radical (unpaired) electrons. The fraction of sp³-hybridized carbons (Fsp3) is 0.462. The largest absolute Gasteiger partial charge is 0.416 e. The van der Waals surface area contributed by atoms with Crippen molar-refractivity contribution in [2.45, 2.75) is 37.9 Å². The van der Waals surface area contributed by atoms with Crippen LogP contribution < -0.4 is 5.32 Å². The fourth-order valence-corrected chi connectivity index (χ4v) is 2.33. The molecule has 2 nitrogen and oxygen atoms in total. The summed E-state index contributed by atoms with van der Waals surface area (Å²) in [5.41, 5.74) is -0.359. The molecule has 1 heterocycles. The van der Waals surface area contributed by atoms with Crippen LogP contribution in [-0.2, 0) is 16.4 Å². The second kappa shape index (κ2) is 4.00. The summed E-state index contributed by atoms with van der Waals surface area (Å²) in [7, 11) is 0. The van der Waals surface area contributed by atoms with Gasteiger partial charge in [-0.05, 0) is 24.6 Å². The molecule has 2 rings (SSSR count). The zero-order valence-corrected chi connectivity index (χ0v) is 10.1. The standard InChI is InChI=1S/C13H14F3NO/c1-8-12(2,7-11(18)17-8)9-3-5-10(6-4-9)13(14,15)16/h3-6,8H,7H2,1-2H3,(H,17,18). The van der Waals surface area contributed by atoms with E-state index in [9.17, 15) is 18.0 Å². The first-order valence-electron chi connectivity index (χ1n) is 5.70. The number of carbonyl (C=O) groups excluding carboxylic acids is 1. The third-order valence-electron chi connectivity index (χ3n) is 3.73. The van der Waals surface area contributed by atoms with Crippen LogP contribution in [0.5, 0.6) is 0 Å². The Morgan fingerprint density at radius 1 is 1.28 bits per heavy atom. The molecule has 1 N–H and O–H groups in total. The van der Waals surface area contributed by atoms with Crippen LogP contribution in [0.15, 0.2) is 24.3 Å². The van der Waals surface area contributed by atoms with Crippen LogP contribution in [0.1, 0.15) is 31.4 Å². The van der Waals surface area contributed by atoms with Gasteiger partial charge in [-0.25, -0.2) is 0 Å². The van der Waals surface area contributed by atoms with E-state index >= 15 is 0 Å².